The maximum atomic E-state index is 13.4. The quantitative estimate of drug-likeness (QED) is 0.717. The van der Waals surface area contributed by atoms with Crippen LogP contribution in [0.2, 0.25) is 0 Å². The SMILES string of the molecule is CC(CC(=O)c1c(F)cccc1F)CC(C)(C)C. The third kappa shape index (κ3) is 4.21. The first kappa shape index (κ1) is 14.8. The Bertz CT molecular complexity index is 412. The van der Waals surface area contributed by atoms with Gasteiger partial charge in [-0.1, -0.05) is 33.8 Å². The lowest BCUT2D eigenvalue weighted by atomic mass is 9.83. The molecule has 0 aliphatic carbocycles. The van der Waals surface area contributed by atoms with Crippen LogP contribution >= 0.6 is 0 Å². The minimum absolute atomic E-state index is 0.105. The Hall–Kier alpha value is -1.25. The van der Waals surface area contributed by atoms with Crippen LogP contribution in [0.4, 0.5) is 8.78 Å². The summed E-state index contributed by atoms with van der Waals surface area (Å²) in [6.45, 7) is 8.18. The lowest BCUT2D eigenvalue weighted by molar-refractivity contribution is 0.0946. The number of ketones is 1. The second-order valence-corrected chi connectivity index (χ2v) is 6.09. The molecule has 0 aliphatic heterocycles. The molecule has 0 radical (unpaired) electrons. The number of hydrogen-bond acceptors (Lipinski definition) is 1. The van der Waals surface area contributed by atoms with Gasteiger partial charge in [-0.3, -0.25) is 4.79 Å². The minimum Gasteiger partial charge on any atom is -0.294 e. The maximum Gasteiger partial charge on any atom is 0.169 e. The fraction of sp³-hybridized carbons (Fsp3) is 0.533. The first-order chi connectivity index (χ1) is 8.20. The van der Waals surface area contributed by atoms with Gasteiger partial charge in [-0.05, 0) is 29.9 Å². The van der Waals surface area contributed by atoms with E-state index in [-0.39, 0.29) is 17.8 Å². The van der Waals surface area contributed by atoms with Gasteiger partial charge >= 0.3 is 0 Å². The molecule has 1 aromatic rings. The molecule has 1 atom stereocenters. The molecule has 18 heavy (non-hydrogen) atoms. The Kier molecular flexibility index (Phi) is 4.60. The van der Waals surface area contributed by atoms with Gasteiger partial charge in [0, 0.05) is 6.42 Å². The zero-order valence-corrected chi connectivity index (χ0v) is 11.4. The molecule has 0 aliphatic rings. The summed E-state index contributed by atoms with van der Waals surface area (Å²) in [7, 11) is 0. The van der Waals surface area contributed by atoms with Gasteiger partial charge in [0.1, 0.15) is 11.6 Å². The van der Waals surface area contributed by atoms with Crippen molar-refractivity contribution in [2.45, 2.75) is 40.5 Å². The monoisotopic (exact) mass is 254 g/mol. The lowest BCUT2D eigenvalue weighted by Gasteiger charge is -2.22. The lowest BCUT2D eigenvalue weighted by Crippen LogP contribution is -2.16. The van der Waals surface area contributed by atoms with Gasteiger partial charge in [-0.25, -0.2) is 8.78 Å². The van der Waals surface area contributed by atoms with Gasteiger partial charge in [-0.2, -0.15) is 0 Å². The standard InChI is InChI=1S/C15H20F2O/c1-10(9-15(2,3)4)8-13(18)14-11(16)6-5-7-12(14)17/h5-7,10H,8-9H2,1-4H3. The van der Waals surface area contributed by atoms with Crippen LogP contribution in [0.1, 0.15) is 50.9 Å². The molecule has 3 heteroatoms. The minimum atomic E-state index is -0.775. The van der Waals surface area contributed by atoms with Crippen LogP contribution in [-0.2, 0) is 0 Å². The van der Waals surface area contributed by atoms with E-state index in [1.807, 2.05) is 6.92 Å². The van der Waals surface area contributed by atoms with Crippen molar-refractivity contribution in [3.8, 4) is 0 Å². The molecular weight excluding hydrogens is 234 g/mol. The highest BCUT2D eigenvalue weighted by atomic mass is 19.1. The van der Waals surface area contributed by atoms with Crippen LogP contribution in [0.25, 0.3) is 0 Å². The van der Waals surface area contributed by atoms with Gasteiger partial charge in [0.05, 0.1) is 5.56 Å². The van der Waals surface area contributed by atoms with Crippen molar-refractivity contribution in [2.24, 2.45) is 11.3 Å². The van der Waals surface area contributed by atoms with Crippen molar-refractivity contribution in [1.29, 1.82) is 0 Å². The predicted molar refractivity (Wildman–Crippen MR) is 68.5 cm³/mol. The normalized spacial score (nSPS) is 13.4. The second kappa shape index (κ2) is 5.59. The van der Waals surface area contributed by atoms with E-state index >= 15 is 0 Å². The summed E-state index contributed by atoms with van der Waals surface area (Å²) in [5.41, 5.74) is -0.300. The van der Waals surface area contributed by atoms with Crippen LogP contribution in [0.15, 0.2) is 18.2 Å². The van der Waals surface area contributed by atoms with Gasteiger partial charge in [0.15, 0.2) is 5.78 Å². The van der Waals surface area contributed by atoms with Crippen LogP contribution < -0.4 is 0 Å². The van der Waals surface area contributed by atoms with Crippen molar-refractivity contribution in [1.82, 2.24) is 0 Å². The molecular formula is C15H20F2O. The van der Waals surface area contributed by atoms with Crippen molar-refractivity contribution in [2.75, 3.05) is 0 Å². The third-order valence-electron chi connectivity index (χ3n) is 2.74. The number of hydrogen-bond donors (Lipinski definition) is 0. The molecule has 1 rings (SSSR count). The second-order valence-electron chi connectivity index (χ2n) is 6.09. The number of benzene rings is 1. The van der Waals surface area contributed by atoms with E-state index in [4.69, 9.17) is 0 Å². The summed E-state index contributed by atoms with van der Waals surface area (Å²) < 4.78 is 26.9. The molecule has 1 aromatic carbocycles. The predicted octanol–water partition coefficient (Wildman–Crippen LogP) is 4.61. The first-order valence-electron chi connectivity index (χ1n) is 6.18. The topological polar surface area (TPSA) is 17.1 Å². The molecule has 0 amide bonds. The van der Waals surface area contributed by atoms with Crippen LogP contribution in [-0.4, -0.2) is 5.78 Å². The van der Waals surface area contributed by atoms with Crippen LogP contribution in [0.5, 0.6) is 0 Å². The number of carbonyl (C=O) groups excluding carboxylic acids is 1. The van der Waals surface area contributed by atoms with E-state index < -0.39 is 23.0 Å². The van der Waals surface area contributed by atoms with E-state index in [1.165, 1.54) is 6.07 Å². The van der Waals surface area contributed by atoms with E-state index in [0.717, 1.165) is 18.6 Å². The molecule has 0 N–H and O–H groups in total. The fourth-order valence-electron chi connectivity index (χ4n) is 2.30. The summed E-state index contributed by atoms with van der Waals surface area (Å²) >= 11 is 0. The molecule has 0 saturated heterocycles. The van der Waals surface area contributed by atoms with Gasteiger partial charge < -0.3 is 0 Å². The molecule has 100 valence electrons. The largest absolute Gasteiger partial charge is 0.294 e. The Labute approximate surface area is 107 Å². The zero-order valence-electron chi connectivity index (χ0n) is 11.4. The smallest absolute Gasteiger partial charge is 0.169 e. The average molecular weight is 254 g/mol. The Balaban J connectivity index is 2.77. The van der Waals surface area contributed by atoms with Crippen molar-refractivity contribution >= 4 is 5.78 Å². The summed E-state index contributed by atoms with van der Waals surface area (Å²) in [6.07, 6.45) is 1.02. The molecule has 1 nitrogen and oxygen atoms in total. The molecule has 0 fully saturated rings. The summed E-state index contributed by atoms with van der Waals surface area (Å²) in [4.78, 5) is 11.9. The van der Waals surface area contributed by atoms with Crippen molar-refractivity contribution in [3.05, 3.63) is 35.4 Å². The van der Waals surface area contributed by atoms with Gasteiger partial charge in [-0.15, -0.1) is 0 Å². The van der Waals surface area contributed by atoms with E-state index in [2.05, 4.69) is 20.8 Å². The molecule has 0 spiro atoms. The van der Waals surface area contributed by atoms with Crippen LogP contribution in [0, 0.1) is 23.0 Å². The number of Topliss-reactive ketones (excluding diaryl/α,β-unsaturated/α-hetero) is 1. The average Bonchev–Trinajstić information content (AvgIpc) is 2.13. The van der Waals surface area contributed by atoms with E-state index in [1.54, 1.807) is 0 Å². The highest BCUT2D eigenvalue weighted by Crippen LogP contribution is 2.27. The van der Waals surface area contributed by atoms with Gasteiger partial charge in [0.25, 0.3) is 0 Å². The van der Waals surface area contributed by atoms with E-state index in [9.17, 15) is 13.6 Å². The maximum absolute atomic E-state index is 13.4. The summed E-state index contributed by atoms with van der Waals surface area (Å²) in [6, 6.07) is 3.50. The Morgan fingerprint density at radius 1 is 1.22 bits per heavy atom. The van der Waals surface area contributed by atoms with Crippen molar-refractivity contribution < 1.29 is 13.6 Å². The first-order valence-corrected chi connectivity index (χ1v) is 6.18. The molecule has 0 bridgehead atoms. The highest BCUT2D eigenvalue weighted by molar-refractivity contribution is 5.96. The van der Waals surface area contributed by atoms with Crippen molar-refractivity contribution in [3.63, 3.8) is 0 Å². The summed E-state index contributed by atoms with van der Waals surface area (Å²) in [5.74, 6) is -1.90. The number of carbonyl (C=O) groups is 1. The molecule has 0 aromatic heterocycles. The van der Waals surface area contributed by atoms with E-state index in [0.29, 0.717) is 0 Å². The van der Waals surface area contributed by atoms with Gasteiger partial charge in [0.2, 0.25) is 0 Å². The zero-order chi connectivity index (χ0) is 13.9. The molecule has 1 unspecified atom stereocenters. The van der Waals surface area contributed by atoms with Crippen LogP contribution in [0.3, 0.4) is 0 Å². The third-order valence-corrected chi connectivity index (χ3v) is 2.74. The highest BCUT2D eigenvalue weighted by Gasteiger charge is 2.22. The number of rotatable bonds is 4. The molecule has 0 heterocycles. The summed E-state index contributed by atoms with van der Waals surface area (Å²) in [5, 5.41) is 0. The fourth-order valence-corrected chi connectivity index (χ4v) is 2.30. The Morgan fingerprint density at radius 3 is 2.17 bits per heavy atom. The Morgan fingerprint density at radius 2 is 1.72 bits per heavy atom. The number of halogens is 2. The molecule has 0 saturated carbocycles.